The first-order chi connectivity index (χ1) is 16.2. The van der Waals surface area contributed by atoms with Crippen LogP contribution >= 0.6 is 0 Å². The van der Waals surface area contributed by atoms with Crippen molar-refractivity contribution >= 4 is 11.7 Å². The van der Waals surface area contributed by atoms with E-state index in [0.717, 1.165) is 23.3 Å². The molecule has 0 saturated heterocycles. The lowest BCUT2D eigenvalue weighted by molar-refractivity contribution is -0.139. The average molecular weight is 468 g/mol. The monoisotopic (exact) mass is 468 g/mol. The van der Waals surface area contributed by atoms with Crippen molar-refractivity contribution in [3.8, 4) is 11.1 Å². The number of carboxylic acids is 1. The Morgan fingerprint density at radius 1 is 1.03 bits per heavy atom. The van der Waals surface area contributed by atoms with Crippen LogP contribution in [0.4, 0.5) is 13.2 Å². The van der Waals surface area contributed by atoms with Gasteiger partial charge in [-0.1, -0.05) is 71.9 Å². The molecule has 0 unspecified atom stereocenters. The maximum atomic E-state index is 13.7. The SMILES string of the molecule is C/C(=N\OCc1ccc(-c2ccccc2)cc1C(F)(F)F)c1ccc(CN/C=C/C(=O)O)cc1. The predicted octanol–water partition coefficient (Wildman–Crippen LogP) is 6.00. The molecule has 5 nitrogen and oxygen atoms in total. The highest BCUT2D eigenvalue weighted by molar-refractivity contribution is 5.98. The Hall–Kier alpha value is -4.07. The van der Waals surface area contributed by atoms with E-state index in [0.29, 0.717) is 23.4 Å². The summed E-state index contributed by atoms with van der Waals surface area (Å²) < 4.78 is 41.0. The second-order valence-corrected chi connectivity index (χ2v) is 7.44. The van der Waals surface area contributed by atoms with E-state index in [1.807, 2.05) is 12.1 Å². The van der Waals surface area contributed by atoms with Gasteiger partial charge in [-0.15, -0.1) is 0 Å². The van der Waals surface area contributed by atoms with Crippen LogP contribution in [-0.4, -0.2) is 16.8 Å². The van der Waals surface area contributed by atoms with Crippen LogP contribution in [0.3, 0.4) is 0 Å². The molecule has 0 saturated carbocycles. The highest BCUT2D eigenvalue weighted by atomic mass is 19.4. The van der Waals surface area contributed by atoms with E-state index in [9.17, 15) is 18.0 Å². The fraction of sp³-hybridized carbons (Fsp3) is 0.154. The Labute approximate surface area is 195 Å². The Morgan fingerprint density at radius 3 is 2.38 bits per heavy atom. The summed E-state index contributed by atoms with van der Waals surface area (Å²) in [6, 6.07) is 20.3. The number of alkyl halides is 3. The summed E-state index contributed by atoms with van der Waals surface area (Å²) >= 11 is 0. The Kier molecular flexibility index (Phi) is 8.08. The number of benzene rings is 3. The van der Waals surface area contributed by atoms with Crippen LogP contribution in [0.15, 0.2) is 90.2 Å². The van der Waals surface area contributed by atoms with Gasteiger partial charge in [-0.05, 0) is 35.2 Å². The lowest BCUT2D eigenvalue weighted by Crippen LogP contribution is -2.10. The van der Waals surface area contributed by atoms with Crippen molar-refractivity contribution in [2.24, 2.45) is 5.16 Å². The molecule has 0 atom stereocenters. The van der Waals surface area contributed by atoms with Crippen LogP contribution in [0.2, 0.25) is 0 Å². The summed E-state index contributed by atoms with van der Waals surface area (Å²) in [6.07, 6.45) is -2.17. The zero-order valence-corrected chi connectivity index (χ0v) is 18.3. The minimum absolute atomic E-state index is 0.000399. The molecular formula is C26H23F3N2O3. The minimum atomic E-state index is -4.52. The smallest absolute Gasteiger partial charge is 0.416 e. The second-order valence-electron chi connectivity index (χ2n) is 7.44. The molecule has 0 aliphatic rings. The maximum Gasteiger partial charge on any atom is 0.416 e. The zero-order chi connectivity index (χ0) is 24.6. The number of nitrogens with zero attached hydrogens (tertiary/aromatic N) is 1. The topological polar surface area (TPSA) is 70.9 Å². The normalized spacial score (nSPS) is 12.1. The van der Waals surface area contributed by atoms with Gasteiger partial charge in [0.25, 0.3) is 0 Å². The molecule has 2 N–H and O–H groups in total. The average Bonchev–Trinajstić information content (AvgIpc) is 2.82. The molecule has 0 aromatic heterocycles. The molecular weight excluding hydrogens is 445 g/mol. The number of nitrogens with one attached hydrogen (secondary N) is 1. The number of oxime groups is 1. The van der Waals surface area contributed by atoms with Gasteiger partial charge in [0, 0.05) is 24.4 Å². The summed E-state index contributed by atoms with van der Waals surface area (Å²) in [5.41, 5.74) is 2.60. The lowest BCUT2D eigenvalue weighted by atomic mass is 9.99. The maximum absolute atomic E-state index is 13.7. The molecule has 0 heterocycles. The number of carbonyl (C=O) groups is 1. The van der Waals surface area contributed by atoms with Crippen molar-refractivity contribution in [3.05, 3.63) is 107 Å². The third-order valence-corrected chi connectivity index (χ3v) is 4.97. The number of halogens is 3. The van der Waals surface area contributed by atoms with Gasteiger partial charge >= 0.3 is 12.1 Å². The van der Waals surface area contributed by atoms with Gasteiger partial charge in [-0.3, -0.25) is 0 Å². The quantitative estimate of drug-likeness (QED) is 0.230. The molecule has 3 aromatic carbocycles. The number of aliphatic carboxylic acids is 1. The van der Waals surface area contributed by atoms with E-state index in [-0.39, 0.29) is 12.2 Å². The highest BCUT2D eigenvalue weighted by Crippen LogP contribution is 2.35. The second kappa shape index (κ2) is 11.2. The Balaban J connectivity index is 1.66. The lowest BCUT2D eigenvalue weighted by Gasteiger charge is -2.14. The molecule has 0 spiro atoms. The van der Waals surface area contributed by atoms with Crippen LogP contribution in [0.1, 0.15) is 29.2 Å². The predicted molar refractivity (Wildman–Crippen MR) is 124 cm³/mol. The van der Waals surface area contributed by atoms with E-state index < -0.39 is 17.7 Å². The van der Waals surface area contributed by atoms with Gasteiger partial charge in [0.05, 0.1) is 11.3 Å². The van der Waals surface area contributed by atoms with Crippen molar-refractivity contribution in [2.45, 2.75) is 26.3 Å². The van der Waals surface area contributed by atoms with Crippen LogP contribution < -0.4 is 5.32 Å². The van der Waals surface area contributed by atoms with Crippen LogP contribution in [0, 0.1) is 0 Å². The molecule has 0 amide bonds. The van der Waals surface area contributed by atoms with Crippen molar-refractivity contribution in [2.75, 3.05) is 0 Å². The Morgan fingerprint density at radius 2 is 1.74 bits per heavy atom. The Bertz CT molecular complexity index is 1170. The first-order valence-electron chi connectivity index (χ1n) is 10.4. The summed E-state index contributed by atoms with van der Waals surface area (Å²) in [4.78, 5) is 15.7. The fourth-order valence-corrected chi connectivity index (χ4v) is 3.20. The van der Waals surface area contributed by atoms with E-state index in [2.05, 4.69) is 10.5 Å². The van der Waals surface area contributed by atoms with Gasteiger partial charge < -0.3 is 15.3 Å². The molecule has 8 heteroatoms. The third kappa shape index (κ3) is 6.96. The van der Waals surface area contributed by atoms with Gasteiger partial charge in [0.2, 0.25) is 0 Å². The number of hydrogen-bond donors (Lipinski definition) is 2. The molecule has 0 aliphatic heterocycles. The molecule has 34 heavy (non-hydrogen) atoms. The van der Waals surface area contributed by atoms with Crippen LogP contribution in [0.5, 0.6) is 0 Å². The first-order valence-corrected chi connectivity index (χ1v) is 10.4. The molecule has 0 aliphatic carbocycles. The zero-order valence-electron chi connectivity index (χ0n) is 18.3. The number of hydrogen-bond acceptors (Lipinski definition) is 4. The summed E-state index contributed by atoms with van der Waals surface area (Å²) in [5.74, 6) is -1.04. The molecule has 0 radical (unpaired) electrons. The van der Waals surface area contributed by atoms with Crippen molar-refractivity contribution < 1.29 is 27.9 Å². The van der Waals surface area contributed by atoms with Crippen molar-refractivity contribution in [3.63, 3.8) is 0 Å². The van der Waals surface area contributed by atoms with E-state index in [4.69, 9.17) is 9.94 Å². The van der Waals surface area contributed by atoms with Crippen LogP contribution in [-0.2, 0) is 29.0 Å². The van der Waals surface area contributed by atoms with Crippen molar-refractivity contribution in [1.29, 1.82) is 0 Å². The molecule has 0 bridgehead atoms. The number of rotatable bonds is 9. The van der Waals surface area contributed by atoms with E-state index in [1.54, 1.807) is 55.5 Å². The van der Waals surface area contributed by atoms with Crippen molar-refractivity contribution in [1.82, 2.24) is 5.32 Å². The standard InChI is InChI=1S/C26H23F3N2O3/c1-18(20-9-7-19(8-10-20)16-30-14-13-25(32)33)31-34-17-23-12-11-22(15-24(23)26(27,28)29)21-5-3-2-4-6-21/h2-15,30H,16-17H2,1H3,(H,32,33)/b14-13+,31-18+. The number of carboxylic acid groups (broad SMARTS) is 1. The van der Waals surface area contributed by atoms with Gasteiger partial charge in [-0.25, -0.2) is 4.79 Å². The third-order valence-electron chi connectivity index (χ3n) is 4.97. The van der Waals surface area contributed by atoms with Gasteiger partial charge in [0.1, 0.15) is 6.61 Å². The minimum Gasteiger partial charge on any atom is -0.478 e. The molecule has 3 aromatic rings. The molecule has 3 rings (SSSR count). The first kappa shape index (κ1) is 24.6. The largest absolute Gasteiger partial charge is 0.478 e. The molecule has 176 valence electrons. The fourth-order valence-electron chi connectivity index (χ4n) is 3.20. The summed E-state index contributed by atoms with van der Waals surface area (Å²) in [7, 11) is 0. The van der Waals surface area contributed by atoms with Crippen LogP contribution in [0.25, 0.3) is 11.1 Å². The van der Waals surface area contributed by atoms with E-state index >= 15 is 0 Å². The molecule has 0 fully saturated rings. The summed E-state index contributed by atoms with van der Waals surface area (Å²) in [6.45, 7) is 1.82. The summed E-state index contributed by atoms with van der Waals surface area (Å²) in [5, 5.41) is 15.4. The van der Waals surface area contributed by atoms with Gasteiger partial charge in [-0.2, -0.15) is 13.2 Å². The highest BCUT2D eigenvalue weighted by Gasteiger charge is 2.33. The van der Waals surface area contributed by atoms with E-state index in [1.165, 1.54) is 12.3 Å². The van der Waals surface area contributed by atoms with Gasteiger partial charge in [0.15, 0.2) is 0 Å².